The number of allylic oxidation sites excluding steroid dienone is 1. The summed E-state index contributed by atoms with van der Waals surface area (Å²) in [5, 5.41) is 0. The Morgan fingerprint density at radius 2 is 2.12 bits per heavy atom. The first-order valence-corrected chi connectivity index (χ1v) is 6.18. The quantitative estimate of drug-likeness (QED) is 0.736. The maximum absolute atomic E-state index is 5.80. The van der Waals surface area contributed by atoms with E-state index in [1.54, 1.807) is 7.11 Å². The van der Waals surface area contributed by atoms with Crippen molar-refractivity contribution in [2.24, 2.45) is 0 Å². The zero-order chi connectivity index (χ0) is 12.8. The Labute approximate surface area is 108 Å². The number of rotatable bonds is 5. The van der Waals surface area contributed by atoms with E-state index in [1.165, 1.54) is 0 Å². The third-order valence-electron chi connectivity index (χ3n) is 2.20. The molecule has 1 aromatic rings. The van der Waals surface area contributed by atoms with E-state index in [4.69, 9.17) is 21.1 Å². The summed E-state index contributed by atoms with van der Waals surface area (Å²) in [7, 11) is 1.64. The van der Waals surface area contributed by atoms with Crippen molar-refractivity contribution in [2.45, 2.75) is 26.9 Å². The Bertz CT molecular complexity index is 397. The van der Waals surface area contributed by atoms with Crippen LogP contribution in [0.2, 0.25) is 0 Å². The van der Waals surface area contributed by atoms with Crippen LogP contribution in [0.15, 0.2) is 23.8 Å². The molecule has 0 fully saturated rings. The van der Waals surface area contributed by atoms with E-state index in [0.29, 0.717) is 5.88 Å². The fourth-order valence-corrected chi connectivity index (χ4v) is 1.55. The first-order valence-electron chi connectivity index (χ1n) is 5.65. The molecule has 1 aromatic carbocycles. The van der Waals surface area contributed by atoms with E-state index < -0.39 is 0 Å². The van der Waals surface area contributed by atoms with Crippen molar-refractivity contribution in [1.82, 2.24) is 0 Å². The summed E-state index contributed by atoms with van der Waals surface area (Å²) < 4.78 is 11.1. The molecule has 0 atom stereocenters. The molecule has 0 saturated carbocycles. The Hall–Kier alpha value is -1.15. The van der Waals surface area contributed by atoms with Gasteiger partial charge < -0.3 is 9.47 Å². The summed E-state index contributed by atoms with van der Waals surface area (Å²) in [5.74, 6) is 2.03. The first-order chi connectivity index (χ1) is 8.08. The van der Waals surface area contributed by atoms with Crippen LogP contribution in [0.4, 0.5) is 0 Å². The molecule has 0 spiro atoms. The molecule has 0 aliphatic rings. The molecule has 0 amide bonds. The van der Waals surface area contributed by atoms with Crippen LogP contribution in [0.1, 0.15) is 26.3 Å². The lowest BCUT2D eigenvalue weighted by Gasteiger charge is -2.16. The third-order valence-corrected chi connectivity index (χ3v) is 2.62. The number of hydrogen-bond acceptors (Lipinski definition) is 2. The van der Waals surface area contributed by atoms with Gasteiger partial charge in [0.25, 0.3) is 0 Å². The van der Waals surface area contributed by atoms with Gasteiger partial charge >= 0.3 is 0 Å². The molecule has 0 aromatic heterocycles. The monoisotopic (exact) mass is 254 g/mol. The van der Waals surface area contributed by atoms with Crippen LogP contribution in [-0.4, -0.2) is 19.1 Å². The lowest BCUT2D eigenvalue weighted by Crippen LogP contribution is -2.08. The minimum Gasteiger partial charge on any atom is -0.493 e. The molecule has 0 aliphatic heterocycles. The molecule has 0 aliphatic carbocycles. The van der Waals surface area contributed by atoms with Crippen molar-refractivity contribution in [2.75, 3.05) is 13.0 Å². The standard InChI is InChI=1S/C14H19ClO2/c1-10(2)17-14-12(8-11(3)9-15)6-5-7-13(14)16-4/h5-8,10H,9H2,1-4H3. The Morgan fingerprint density at radius 3 is 2.65 bits per heavy atom. The third kappa shape index (κ3) is 3.97. The topological polar surface area (TPSA) is 18.5 Å². The molecule has 1 rings (SSSR count). The molecular weight excluding hydrogens is 236 g/mol. The number of halogens is 1. The van der Waals surface area contributed by atoms with Gasteiger partial charge in [-0.2, -0.15) is 0 Å². The highest BCUT2D eigenvalue weighted by atomic mass is 35.5. The second-order valence-corrected chi connectivity index (χ2v) is 4.44. The van der Waals surface area contributed by atoms with Crippen LogP contribution in [0, 0.1) is 0 Å². The van der Waals surface area contributed by atoms with E-state index in [-0.39, 0.29) is 6.10 Å². The predicted octanol–water partition coefficient (Wildman–Crippen LogP) is 4.12. The summed E-state index contributed by atoms with van der Waals surface area (Å²) >= 11 is 5.79. The van der Waals surface area contributed by atoms with Gasteiger partial charge in [-0.05, 0) is 26.8 Å². The van der Waals surface area contributed by atoms with Gasteiger partial charge in [-0.15, -0.1) is 11.6 Å². The highest BCUT2D eigenvalue weighted by Crippen LogP contribution is 2.33. The van der Waals surface area contributed by atoms with Crippen LogP contribution in [0.25, 0.3) is 6.08 Å². The SMILES string of the molecule is COc1cccc(C=C(C)CCl)c1OC(C)C. The highest BCUT2D eigenvalue weighted by molar-refractivity contribution is 6.19. The van der Waals surface area contributed by atoms with E-state index in [1.807, 2.05) is 45.0 Å². The number of benzene rings is 1. The number of methoxy groups -OCH3 is 1. The average Bonchev–Trinajstić information content (AvgIpc) is 2.30. The summed E-state index contributed by atoms with van der Waals surface area (Å²) in [4.78, 5) is 0. The molecule has 0 unspecified atom stereocenters. The summed E-state index contributed by atoms with van der Waals surface area (Å²) in [6, 6.07) is 5.83. The molecule has 0 saturated heterocycles. The van der Waals surface area contributed by atoms with Gasteiger partial charge in [-0.3, -0.25) is 0 Å². The van der Waals surface area contributed by atoms with Crippen LogP contribution < -0.4 is 9.47 Å². The molecule has 0 N–H and O–H groups in total. The summed E-state index contributed by atoms with van der Waals surface area (Å²) in [5.41, 5.74) is 2.09. The van der Waals surface area contributed by atoms with Crippen molar-refractivity contribution in [1.29, 1.82) is 0 Å². The Morgan fingerprint density at radius 1 is 1.41 bits per heavy atom. The zero-order valence-corrected chi connectivity index (χ0v) is 11.5. The lowest BCUT2D eigenvalue weighted by molar-refractivity contribution is 0.229. The zero-order valence-electron chi connectivity index (χ0n) is 10.8. The van der Waals surface area contributed by atoms with Crippen LogP contribution in [0.3, 0.4) is 0 Å². The number of ether oxygens (including phenoxy) is 2. The molecule has 2 nitrogen and oxygen atoms in total. The van der Waals surface area contributed by atoms with E-state index in [9.17, 15) is 0 Å². The van der Waals surface area contributed by atoms with Crippen molar-refractivity contribution in [3.63, 3.8) is 0 Å². The Kier molecular flexibility index (Phi) is 5.36. The number of para-hydroxylation sites is 1. The van der Waals surface area contributed by atoms with Gasteiger partial charge in [0.1, 0.15) is 0 Å². The number of alkyl halides is 1. The predicted molar refractivity (Wildman–Crippen MR) is 73.1 cm³/mol. The summed E-state index contributed by atoms with van der Waals surface area (Å²) in [6.07, 6.45) is 2.13. The van der Waals surface area contributed by atoms with Crippen molar-refractivity contribution in [3.8, 4) is 11.5 Å². The van der Waals surface area contributed by atoms with E-state index >= 15 is 0 Å². The number of hydrogen-bond donors (Lipinski definition) is 0. The van der Waals surface area contributed by atoms with Crippen LogP contribution >= 0.6 is 11.6 Å². The minimum atomic E-state index is 0.106. The second kappa shape index (κ2) is 6.55. The molecule has 0 radical (unpaired) electrons. The van der Waals surface area contributed by atoms with Crippen molar-refractivity contribution in [3.05, 3.63) is 29.3 Å². The average molecular weight is 255 g/mol. The molecular formula is C14H19ClO2. The highest BCUT2D eigenvalue weighted by Gasteiger charge is 2.10. The van der Waals surface area contributed by atoms with Gasteiger partial charge in [-0.25, -0.2) is 0 Å². The normalized spacial score (nSPS) is 11.8. The van der Waals surface area contributed by atoms with Crippen molar-refractivity contribution >= 4 is 17.7 Å². The van der Waals surface area contributed by atoms with Crippen LogP contribution in [0.5, 0.6) is 11.5 Å². The van der Waals surface area contributed by atoms with Gasteiger partial charge in [0.15, 0.2) is 11.5 Å². The van der Waals surface area contributed by atoms with Gasteiger partial charge in [0, 0.05) is 11.4 Å². The van der Waals surface area contributed by atoms with Gasteiger partial charge in [0.2, 0.25) is 0 Å². The second-order valence-electron chi connectivity index (χ2n) is 4.17. The fraction of sp³-hybridized carbons (Fsp3) is 0.429. The largest absolute Gasteiger partial charge is 0.493 e. The van der Waals surface area contributed by atoms with Gasteiger partial charge in [0.05, 0.1) is 13.2 Å². The molecule has 17 heavy (non-hydrogen) atoms. The molecule has 0 bridgehead atoms. The first kappa shape index (κ1) is 13.9. The van der Waals surface area contributed by atoms with E-state index in [0.717, 1.165) is 22.6 Å². The smallest absolute Gasteiger partial charge is 0.168 e. The molecule has 3 heteroatoms. The fourth-order valence-electron chi connectivity index (χ4n) is 1.47. The lowest BCUT2D eigenvalue weighted by atomic mass is 10.1. The molecule has 94 valence electrons. The molecule has 0 heterocycles. The van der Waals surface area contributed by atoms with E-state index in [2.05, 4.69) is 0 Å². The minimum absolute atomic E-state index is 0.106. The maximum atomic E-state index is 5.80. The van der Waals surface area contributed by atoms with Gasteiger partial charge in [-0.1, -0.05) is 23.8 Å². The maximum Gasteiger partial charge on any atom is 0.168 e. The van der Waals surface area contributed by atoms with Crippen LogP contribution in [-0.2, 0) is 0 Å². The van der Waals surface area contributed by atoms with Crippen molar-refractivity contribution < 1.29 is 9.47 Å². The summed E-state index contributed by atoms with van der Waals surface area (Å²) in [6.45, 7) is 5.98. The Balaban J connectivity index is 3.19.